The molecule has 76 valence electrons. The van der Waals surface area contributed by atoms with Gasteiger partial charge in [-0.2, -0.15) is 0 Å². The maximum absolute atomic E-state index is 11.7. The van der Waals surface area contributed by atoms with Crippen LogP contribution in [0.1, 0.15) is 12.8 Å². The first-order valence-corrected chi connectivity index (χ1v) is 4.78. The van der Waals surface area contributed by atoms with Crippen LogP contribution in [-0.4, -0.2) is 45.8 Å². The molecule has 0 unspecified atom stereocenters. The number of carbonyl (C=O) groups is 1. The van der Waals surface area contributed by atoms with E-state index >= 15 is 0 Å². The van der Waals surface area contributed by atoms with Gasteiger partial charge < -0.3 is 15.1 Å². The van der Waals surface area contributed by atoms with Crippen molar-refractivity contribution in [1.29, 1.82) is 0 Å². The Morgan fingerprint density at radius 3 is 2.57 bits per heavy atom. The summed E-state index contributed by atoms with van der Waals surface area (Å²) in [5.41, 5.74) is 0. The van der Waals surface area contributed by atoms with Crippen LogP contribution in [0.3, 0.4) is 0 Å². The number of β-amino-alcohol motifs (C(OH)–C–C–N with tert-alkyl or cyclic N) is 1. The lowest BCUT2D eigenvalue weighted by Crippen LogP contribution is -2.39. The number of aliphatic hydroxyl groups is 2. The molecule has 14 heavy (non-hydrogen) atoms. The van der Waals surface area contributed by atoms with Crippen molar-refractivity contribution in [2.75, 3.05) is 6.54 Å². The van der Waals surface area contributed by atoms with E-state index in [2.05, 4.69) is 5.92 Å². The van der Waals surface area contributed by atoms with Crippen molar-refractivity contribution in [2.45, 2.75) is 31.1 Å². The summed E-state index contributed by atoms with van der Waals surface area (Å²) < 4.78 is 0. The molecule has 1 aliphatic heterocycles. The second kappa shape index (κ2) is 3.26. The number of hydrogen-bond acceptors (Lipinski definition) is 3. The average molecular weight is 195 g/mol. The van der Waals surface area contributed by atoms with E-state index < -0.39 is 18.2 Å². The van der Waals surface area contributed by atoms with Crippen LogP contribution >= 0.6 is 0 Å². The number of terminal acetylenes is 1. The molecule has 4 heteroatoms. The lowest BCUT2D eigenvalue weighted by atomic mass is 10.1. The van der Waals surface area contributed by atoms with Crippen molar-refractivity contribution in [3.63, 3.8) is 0 Å². The molecule has 1 saturated heterocycles. The number of aliphatic hydroxyl groups excluding tert-OH is 2. The maximum Gasteiger partial charge on any atom is 0.226 e. The van der Waals surface area contributed by atoms with Gasteiger partial charge in [-0.3, -0.25) is 4.79 Å². The Kier molecular flexibility index (Phi) is 2.22. The summed E-state index contributed by atoms with van der Waals surface area (Å²) in [5.74, 6) is 2.40. The third kappa shape index (κ3) is 1.39. The van der Waals surface area contributed by atoms with E-state index in [1.165, 1.54) is 4.90 Å². The van der Waals surface area contributed by atoms with Crippen LogP contribution in [0.25, 0.3) is 0 Å². The third-order valence-corrected chi connectivity index (χ3v) is 2.82. The first kappa shape index (κ1) is 9.50. The van der Waals surface area contributed by atoms with E-state index in [0.717, 1.165) is 12.8 Å². The molecule has 1 amide bonds. The monoisotopic (exact) mass is 195 g/mol. The van der Waals surface area contributed by atoms with Crippen molar-refractivity contribution >= 4 is 5.91 Å². The Morgan fingerprint density at radius 1 is 1.43 bits per heavy atom. The standard InChI is InChI=1S/C10H13NO3/c1-2-7-9(13)8(12)5-11(7)10(14)6-3-4-6/h1,6-9,12-13H,3-5H2/t7-,8+,9-/m0/s1. The predicted molar refractivity (Wildman–Crippen MR) is 49.1 cm³/mol. The van der Waals surface area contributed by atoms with Crippen LogP contribution < -0.4 is 0 Å². The van der Waals surface area contributed by atoms with E-state index in [4.69, 9.17) is 6.42 Å². The Hall–Kier alpha value is -1.05. The van der Waals surface area contributed by atoms with Gasteiger partial charge in [0.25, 0.3) is 0 Å². The zero-order chi connectivity index (χ0) is 10.3. The highest BCUT2D eigenvalue weighted by atomic mass is 16.3. The van der Waals surface area contributed by atoms with Crippen LogP contribution in [0.15, 0.2) is 0 Å². The second-order valence-corrected chi connectivity index (χ2v) is 3.93. The average Bonchev–Trinajstić information content (AvgIpc) is 2.95. The summed E-state index contributed by atoms with van der Waals surface area (Å²) in [5, 5.41) is 18.9. The summed E-state index contributed by atoms with van der Waals surface area (Å²) >= 11 is 0. The Morgan fingerprint density at radius 2 is 2.07 bits per heavy atom. The Bertz CT molecular complexity index is 292. The fourth-order valence-corrected chi connectivity index (χ4v) is 1.80. The highest BCUT2D eigenvalue weighted by molar-refractivity contribution is 5.82. The lowest BCUT2D eigenvalue weighted by Gasteiger charge is -2.21. The number of rotatable bonds is 1. The van der Waals surface area contributed by atoms with Crippen LogP contribution in [-0.2, 0) is 4.79 Å². The number of nitrogens with zero attached hydrogens (tertiary/aromatic N) is 1. The van der Waals surface area contributed by atoms with Crippen molar-refractivity contribution in [3.05, 3.63) is 0 Å². The van der Waals surface area contributed by atoms with Crippen molar-refractivity contribution < 1.29 is 15.0 Å². The molecule has 1 saturated carbocycles. The molecule has 0 aromatic heterocycles. The van der Waals surface area contributed by atoms with Gasteiger partial charge in [0.1, 0.15) is 18.2 Å². The quantitative estimate of drug-likeness (QED) is 0.525. The largest absolute Gasteiger partial charge is 0.388 e. The fourth-order valence-electron chi connectivity index (χ4n) is 1.80. The van der Waals surface area contributed by atoms with Crippen LogP contribution in [0, 0.1) is 18.3 Å². The summed E-state index contributed by atoms with van der Waals surface area (Å²) in [6.07, 6.45) is 5.12. The zero-order valence-corrected chi connectivity index (χ0v) is 7.76. The minimum absolute atomic E-state index is 0.0245. The van der Waals surface area contributed by atoms with E-state index in [1.54, 1.807) is 0 Å². The fraction of sp³-hybridized carbons (Fsp3) is 0.700. The van der Waals surface area contributed by atoms with E-state index in [0.29, 0.717) is 0 Å². The van der Waals surface area contributed by atoms with Gasteiger partial charge in [-0.15, -0.1) is 6.42 Å². The second-order valence-electron chi connectivity index (χ2n) is 3.93. The molecule has 2 aliphatic rings. The molecule has 0 spiro atoms. The molecule has 4 nitrogen and oxygen atoms in total. The molecular weight excluding hydrogens is 182 g/mol. The Balaban J connectivity index is 2.11. The normalized spacial score (nSPS) is 36.9. The summed E-state index contributed by atoms with van der Waals surface area (Å²) in [7, 11) is 0. The van der Waals surface area contributed by atoms with Gasteiger partial charge in [0.2, 0.25) is 5.91 Å². The van der Waals surface area contributed by atoms with Gasteiger partial charge in [-0.1, -0.05) is 5.92 Å². The topological polar surface area (TPSA) is 60.8 Å². The summed E-state index contributed by atoms with van der Waals surface area (Å²) in [4.78, 5) is 13.1. The Labute approximate surface area is 82.5 Å². The molecule has 2 fully saturated rings. The van der Waals surface area contributed by atoms with Gasteiger partial charge in [0.05, 0.1) is 6.54 Å². The molecule has 2 N–H and O–H groups in total. The first-order valence-electron chi connectivity index (χ1n) is 4.78. The zero-order valence-electron chi connectivity index (χ0n) is 7.76. The maximum atomic E-state index is 11.7. The minimum atomic E-state index is -0.998. The van der Waals surface area contributed by atoms with Gasteiger partial charge >= 0.3 is 0 Å². The molecule has 2 rings (SSSR count). The lowest BCUT2D eigenvalue weighted by molar-refractivity contribution is -0.133. The summed E-state index contributed by atoms with van der Waals surface area (Å²) in [6.45, 7) is 0.158. The van der Waals surface area contributed by atoms with Gasteiger partial charge in [0, 0.05) is 5.92 Å². The minimum Gasteiger partial charge on any atom is -0.388 e. The van der Waals surface area contributed by atoms with Crippen LogP contribution in [0.2, 0.25) is 0 Å². The van der Waals surface area contributed by atoms with E-state index in [1.807, 2.05) is 0 Å². The number of carbonyl (C=O) groups excluding carboxylic acids is 1. The molecule has 0 bridgehead atoms. The summed E-state index contributed by atoms with van der Waals surface area (Å²) in [6, 6.07) is -0.655. The molecule has 3 atom stereocenters. The molecular formula is C10H13NO3. The van der Waals surface area contributed by atoms with Gasteiger partial charge in [0.15, 0.2) is 0 Å². The van der Waals surface area contributed by atoms with E-state index in [9.17, 15) is 15.0 Å². The smallest absolute Gasteiger partial charge is 0.226 e. The van der Waals surface area contributed by atoms with Gasteiger partial charge in [-0.25, -0.2) is 0 Å². The van der Waals surface area contributed by atoms with Crippen molar-refractivity contribution in [2.24, 2.45) is 5.92 Å². The van der Waals surface area contributed by atoms with Crippen LogP contribution in [0.4, 0.5) is 0 Å². The van der Waals surface area contributed by atoms with Gasteiger partial charge in [-0.05, 0) is 12.8 Å². The first-order chi connectivity index (χ1) is 6.65. The third-order valence-electron chi connectivity index (χ3n) is 2.82. The van der Waals surface area contributed by atoms with Crippen LogP contribution in [0.5, 0.6) is 0 Å². The number of amides is 1. The highest BCUT2D eigenvalue weighted by Gasteiger charge is 2.45. The molecule has 0 radical (unpaired) electrons. The number of likely N-dealkylation sites (tertiary alicyclic amines) is 1. The molecule has 1 aliphatic carbocycles. The molecule has 0 aromatic rings. The van der Waals surface area contributed by atoms with E-state index in [-0.39, 0.29) is 18.4 Å². The van der Waals surface area contributed by atoms with Crippen molar-refractivity contribution in [3.8, 4) is 12.3 Å². The SMILES string of the molecule is C#C[C@H]1[C@H](O)[C@H](O)CN1C(=O)C1CC1. The van der Waals surface area contributed by atoms with Crippen molar-refractivity contribution in [1.82, 2.24) is 4.90 Å². The predicted octanol–water partition coefficient (Wildman–Crippen LogP) is -1.04. The number of hydrogen-bond donors (Lipinski definition) is 2. The highest BCUT2D eigenvalue weighted by Crippen LogP contribution is 2.33. The molecule has 1 heterocycles. The molecule has 0 aromatic carbocycles.